The quantitative estimate of drug-likeness (QED) is 0.718. The summed E-state index contributed by atoms with van der Waals surface area (Å²) < 4.78 is 1.95. The predicted octanol–water partition coefficient (Wildman–Crippen LogP) is 4.71. The number of aromatic nitrogens is 2. The fourth-order valence-corrected chi connectivity index (χ4v) is 2.64. The van der Waals surface area contributed by atoms with Crippen LogP contribution in [0.1, 0.15) is 5.56 Å². The molecule has 6 heteroatoms. The number of phenols is 1. The molecule has 0 atom stereocenters. The van der Waals surface area contributed by atoms with E-state index in [0.29, 0.717) is 16.6 Å². The van der Waals surface area contributed by atoms with Gasteiger partial charge in [0.05, 0.1) is 21.9 Å². The smallest absolute Gasteiger partial charge is 0.203 e. The Morgan fingerprint density at radius 3 is 2.70 bits per heavy atom. The van der Waals surface area contributed by atoms with Crippen molar-refractivity contribution in [3.8, 4) is 17.0 Å². The summed E-state index contributed by atoms with van der Waals surface area (Å²) in [7, 11) is 1.93. The van der Waals surface area contributed by atoms with Gasteiger partial charge in [0.2, 0.25) is 5.95 Å². The van der Waals surface area contributed by atoms with Crippen LogP contribution in [0.3, 0.4) is 0 Å². The molecule has 0 amide bonds. The van der Waals surface area contributed by atoms with Gasteiger partial charge >= 0.3 is 0 Å². The minimum absolute atomic E-state index is 0.251. The van der Waals surface area contributed by atoms with E-state index in [1.807, 2.05) is 35.9 Å². The number of anilines is 1. The van der Waals surface area contributed by atoms with E-state index >= 15 is 0 Å². The van der Waals surface area contributed by atoms with Crippen LogP contribution < -0.4 is 5.32 Å². The Morgan fingerprint density at radius 2 is 1.96 bits per heavy atom. The second-order valence-corrected chi connectivity index (χ2v) is 5.99. The molecule has 1 heterocycles. The SMILES string of the molecule is Cn1c(-c2ccc(Cl)c(Cl)c2)cnc1NCc1cccc(O)c1. The van der Waals surface area contributed by atoms with Crippen LogP contribution >= 0.6 is 23.2 Å². The zero-order valence-electron chi connectivity index (χ0n) is 12.4. The van der Waals surface area contributed by atoms with E-state index in [-0.39, 0.29) is 5.75 Å². The van der Waals surface area contributed by atoms with Crippen LogP contribution in [0.4, 0.5) is 5.95 Å². The lowest BCUT2D eigenvalue weighted by Gasteiger charge is -2.09. The number of hydrogen-bond donors (Lipinski definition) is 2. The molecule has 0 saturated heterocycles. The molecule has 0 spiro atoms. The van der Waals surface area contributed by atoms with Crippen molar-refractivity contribution in [2.24, 2.45) is 7.05 Å². The monoisotopic (exact) mass is 347 g/mol. The van der Waals surface area contributed by atoms with Crippen molar-refractivity contribution in [3.63, 3.8) is 0 Å². The Bertz CT molecular complexity index is 846. The van der Waals surface area contributed by atoms with Gasteiger partial charge in [-0.2, -0.15) is 0 Å². The van der Waals surface area contributed by atoms with E-state index in [0.717, 1.165) is 22.8 Å². The van der Waals surface area contributed by atoms with Gasteiger partial charge in [-0.05, 0) is 29.8 Å². The van der Waals surface area contributed by atoms with E-state index in [1.54, 1.807) is 24.4 Å². The highest BCUT2D eigenvalue weighted by atomic mass is 35.5. The van der Waals surface area contributed by atoms with Gasteiger partial charge in [-0.15, -0.1) is 0 Å². The first-order valence-electron chi connectivity index (χ1n) is 7.03. The standard InChI is InChI=1S/C17H15Cl2N3O/c1-22-16(12-5-6-14(18)15(19)8-12)10-21-17(22)20-9-11-3-2-4-13(23)7-11/h2-8,10,23H,9H2,1H3,(H,20,21). The van der Waals surface area contributed by atoms with Gasteiger partial charge in [-0.3, -0.25) is 0 Å². The fourth-order valence-electron chi connectivity index (χ4n) is 2.35. The Kier molecular flexibility index (Phi) is 4.46. The minimum Gasteiger partial charge on any atom is -0.508 e. The van der Waals surface area contributed by atoms with Gasteiger partial charge in [0.1, 0.15) is 5.75 Å². The summed E-state index contributed by atoms with van der Waals surface area (Å²) in [5.74, 6) is 0.982. The molecular formula is C17H15Cl2N3O. The predicted molar refractivity (Wildman–Crippen MR) is 94.1 cm³/mol. The highest BCUT2D eigenvalue weighted by Gasteiger charge is 2.10. The van der Waals surface area contributed by atoms with Crippen molar-refractivity contribution in [1.29, 1.82) is 0 Å². The van der Waals surface area contributed by atoms with Gasteiger partial charge < -0.3 is 15.0 Å². The molecule has 0 radical (unpaired) electrons. The maximum atomic E-state index is 9.49. The first-order chi connectivity index (χ1) is 11.0. The van der Waals surface area contributed by atoms with Crippen LogP contribution in [0.5, 0.6) is 5.75 Å². The molecule has 3 rings (SSSR count). The third kappa shape index (κ3) is 3.44. The molecule has 0 saturated carbocycles. The zero-order chi connectivity index (χ0) is 16.4. The van der Waals surface area contributed by atoms with Crippen molar-refractivity contribution < 1.29 is 5.11 Å². The van der Waals surface area contributed by atoms with Crippen LogP contribution in [-0.2, 0) is 13.6 Å². The molecule has 3 aromatic rings. The summed E-state index contributed by atoms with van der Waals surface area (Å²) in [4.78, 5) is 4.39. The summed E-state index contributed by atoms with van der Waals surface area (Å²) in [5, 5.41) is 13.8. The number of halogens is 2. The van der Waals surface area contributed by atoms with Crippen LogP contribution in [-0.4, -0.2) is 14.7 Å². The Balaban J connectivity index is 1.80. The first kappa shape index (κ1) is 15.7. The fraction of sp³-hybridized carbons (Fsp3) is 0.118. The zero-order valence-corrected chi connectivity index (χ0v) is 13.9. The van der Waals surface area contributed by atoms with Crippen molar-refractivity contribution in [2.75, 3.05) is 5.32 Å². The minimum atomic E-state index is 0.251. The Morgan fingerprint density at radius 1 is 1.13 bits per heavy atom. The van der Waals surface area contributed by atoms with Gasteiger partial charge in [0.15, 0.2) is 0 Å². The molecule has 0 fully saturated rings. The first-order valence-corrected chi connectivity index (χ1v) is 7.79. The number of imidazole rings is 1. The van der Waals surface area contributed by atoms with Crippen LogP contribution in [0.25, 0.3) is 11.3 Å². The molecule has 2 aromatic carbocycles. The normalized spacial score (nSPS) is 10.7. The highest BCUT2D eigenvalue weighted by molar-refractivity contribution is 6.42. The second-order valence-electron chi connectivity index (χ2n) is 5.18. The lowest BCUT2D eigenvalue weighted by Crippen LogP contribution is -2.05. The lowest BCUT2D eigenvalue weighted by molar-refractivity contribution is 0.474. The van der Waals surface area contributed by atoms with E-state index in [9.17, 15) is 5.11 Å². The lowest BCUT2D eigenvalue weighted by atomic mass is 10.2. The second kappa shape index (κ2) is 6.52. The number of nitrogens with zero attached hydrogens (tertiary/aromatic N) is 2. The number of phenolic OH excluding ortho intramolecular Hbond substituents is 1. The molecule has 0 aliphatic heterocycles. The topological polar surface area (TPSA) is 50.1 Å². The molecule has 0 aliphatic carbocycles. The number of aromatic hydroxyl groups is 1. The largest absolute Gasteiger partial charge is 0.508 e. The van der Waals surface area contributed by atoms with Crippen molar-refractivity contribution in [3.05, 3.63) is 64.3 Å². The molecule has 23 heavy (non-hydrogen) atoms. The number of benzene rings is 2. The van der Waals surface area contributed by atoms with E-state index < -0.39 is 0 Å². The van der Waals surface area contributed by atoms with E-state index in [2.05, 4.69) is 10.3 Å². The third-order valence-corrected chi connectivity index (χ3v) is 4.30. The Labute approximate surface area is 144 Å². The van der Waals surface area contributed by atoms with Crippen LogP contribution in [0, 0.1) is 0 Å². The molecule has 0 unspecified atom stereocenters. The maximum absolute atomic E-state index is 9.49. The van der Waals surface area contributed by atoms with Crippen LogP contribution in [0.2, 0.25) is 10.0 Å². The van der Waals surface area contributed by atoms with Gasteiger partial charge in [0, 0.05) is 19.2 Å². The highest BCUT2D eigenvalue weighted by Crippen LogP contribution is 2.29. The number of hydrogen-bond acceptors (Lipinski definition) is 3. The molecule has 118 valence electrons. The average Bonchev–Trinajstić information content (AvgIpc) is 2.89. The van der Waals surface area contributed by atoms with E-state index in [4.69, 9.17) is 23.2 Å². The van der Waals surface area contributed by atoms with Gasteiger partial charge in [-0.1, -0.05) is 41.4 Å². The third-order valence-electron chi connectivity index (χ3n) is 3.56. The Hall–Kier alpha value is -2.17. The molecule has 2 N–H and O–H groups in total. The van der Waals surface area contributed by atoms with Crippen LogP contribution in [0.15, 0.2) is 48.7 Å². The number of rotatable bonds is 4. The maximum Gasteiger partial charge on any atom is 0.203 e. The van der Waals surface area contributed by atoms with Gasteiger partial charge in [0.25, 0.3) is 0 Å². The molecule has 4 nitrogen and oxygen atoms in total. The number of nitrogens with one attached hydrogen (secondary N) is 1. The molecular weight excluding hydrogens is 333 g/mol. The van der Waals surface area contributed by atoms with Gasteiger partial charge in [-0.25, -0.2) is 4.98 Å². The summed E-state index contributed by atoms with van der Waals surface area (Å²) in [6.45, 7) is 0.570. The van der Waals surface area contributed by atoms with Crippen molar-refractivity contribution >= 4 is 29.2 Å². The van der Waals surface area contributed by atoms with Crippen molar-refractivity contribution in [2.45, 2.75) is 6.54 Å². The molecule has 0 aliphatic rings. The summed E-state index contributed by atoms with van der Waals surface area (Å²) in [5.41, 5.74) is 2.85. The summed E-state index contributed by atoms with van der Waals surface area (Å²) in [6, 6.07) is 12.6. The van der Waals surface area contributed by atoms with Crippen molar-refractivity contribution in [1.82, 2.24) is 9.55 Å². The summed E-state index contributed by atoms with van der Waals surface area (Å²) in [6.07, 6.45) is 1.78. The average molecular weight is 348 g/mol. The molecule has 1 aromatic heterocycles. The van der Waals surface area contributed by atoms with E-state index in [1.165, 1.54) is 0 Å². The summed E-state index contributed by atoms with van der Waals surface area (Å²) >= 11 is 12.0. The molecule has 0 bridgehead atoms.